The van der Waals surface area contributed by atoms with Crippen LogP contribution in [-0.4, -0.2) is 29.8 Å². The molecule has 0 radical (unpaired) electrons. The second-order valence-corrected chi connectivity index (χ2v) is 4.57. The summed E-state index contributed by atoms with van der Waals surface area (Å²) in [5.74, 6) is 0.571. The summed E-state index contributed by atoms with van der Waals surface area (Å²) in [5.41, 5.74) is 5.47. The fraction of sp³-hybridized carbons (Fsp3) is 0.500. The highest BCUT2D eigenvalue weighted by atomic mass is 35.5. The third kappa shape index (κ3) is 3.50. The summed E-state index contributed by atoms with van der Waals surface area (Å²) >= 11 is 5.77. The first-order valence-electron chi connectivity index (χ1n) is 5.91. The Hall–Kier alpha value is -1.49. The van der Waals surface area contributed by atoms with Crippen molar-refractivity contribution in [3.63, 3.8) is 0 Å². The Bertz CT molecular complexity index is 422. The number of halogens is 1. The van der Waals surface area contributed by atoms with Gasteiger partial charge in [0.25, 0.3) is 6.02 Å². The molecule has 0 spiro atoms. The lowest BCUT2D eigenvalue weighted by molar-refractivity contribution is 0.162. The Morgan fingerprint density at radius 3 is 3.00 bits per heavy atom. The molecule has 1 aliphatic heterocycles. The zero-order chi connectivity index (χ0) is 13.0. The van der Waals surface area contributed by atoms with Crippen molar-refractivity contribution in [3.8, 4) is 5.88 Å². The predicted octanol–water partition coefficient (Wildman–Crippen LogP) is 2.00. The fourth-order valence-electron chi connectivity index (χ4n) is 1.76. The first kappa shape index (κ1) is 13.0. The summed E-state index contributed by atoms with van der Waals surface area (Å²) in [6.07, 6.45) is 3.25. The molecule has 0 bridgehead atoms. The number of aromatic nitrogens is 1. The van der Waals surface area contributed by atoms with Gasteiger partial charge in [-0.25, -0.2) is 9.98 Å². The highest BCUT2D eigenvalue weighted by Crippen LogP contribution is 2.18. The van der Waals surface area contributed by atoms with Crippen LogP contribution >= 0.6 is 11.6 Å². The van der Waals surface area contributed by atoms with E-state index in [1.165, 1.54) is 0 Å². The van der Waals surface area contributed by atoms with Gasteiger partial charge in [0.15, 0.2) is 0 Å². The van der Waals surface area contributed by atoms with Crippen molar-refractivity contribution in [1.82, 2.24) is 4.98 Å². The summed E-state index contributed by atoms with van der Waals surface area (Å²) in [5, 5.41) is 0.594. The predicted molar refractivity (Wildman–Crippen MR) is 69.9 cm³/mol. The average molecular weight is 270 g/mol. The van der Waals surface area contributed by atoms with Crippen molar-refractivity contribution in [1.29, 1.82) is 0 Å². The van der Waals surface area contributed by atoms with Gasteiger partial charge in [0, 0.05) is 18.7 Å². The van der Waals surface area contributed by atoms with Gasteiger partial charge in [-0.15, -0.1) is 0 Å². The molecule has 2 N–H and O–H groups in total. The molecule has 1 aromatic rings. The van der Waals surface area contributed by atoms with Gasteiger partial charge in [-0.1, -0.05) is 18.5 Å². The maximum absolute atomic E-state index is 5.78. The van der Waals surface area contributed by atoms with E-state index in [0.29, 0.717) is 17.5 Å². The van der Waals surface area contributed by atoms with Crippen LogP contribution in [0.3, 0.4) is 0 Å². The molecule has 5 nitrogen and oxygen atoms in total. The lowest BCUT2D eigenvalue weighted by Gasteiger charge is -2.18. The van der Waals surface area contributed by atoms with Crippen LogP contribution in [0.25, 0.3) is 0 Å². The Labute approximate surface area is 111 Å². The lowest BCUT2D eigenvalue weighted by atomic mass is 10.1. The molecule has 0 saturated carbocycles. The molecule has 2 rings (SSSR count). The number of rotatable bonds is 5. The van der Waals surface area contributed by atoms with Crippen molar-refractivity contribution in [2.24, 2.45) is 10.7 Å². The molecule has 0 saturated heterocycles. The van der Waals surface area contributed by atoms with Gasteiger partial charge in [-0.2, -0.15) is 0 Å². The Kier molecular flexibility index (Phi) is 4.25. The zero-order valence-corrected chi connectivity index (χ0v) is 10.9. The SMILES string of the molecule is CC[C@@H](CC1COC(N)=N1)Oc1ccc(Cl)cn1. The van der Waals surface area contributed by atoms with Crippen molar-refractivity contribution >= 4 is 17.6 Å². The highest BCUT2D eigenvalue weighted by molar-refractivity contribution is 6.30. The van der Waals surface area contributed by atoms with Crippen LogP contribution in [0.2, 0.25) is 5.02 Å². The molecule has 0 fully saturated rings. The van der Waals surface area contributed by atoms with Gasteiger partial charge in [0.1, 0.15) is 12.7 Å². The monoisotopic (exact) mass is 269 g/mol. The Balaban J connectivity index is 1.91. The number of hydrogen-bond donors (Lipinski definition) is 1. The second kappa shape index (κ2) is 5.91. The van der Waals surface area contributed by atoms with E-state index >= 15 is 0 Å². The molecule has 0 amide bonds. The summed E-state index contributed by atoms with van der Waals surface area (Å²) < 4.78 is 10.9. The largest absolute Gasteiger partial charge is 0.474 e. The average Bonchev–Trinajstić information content (AvgIpc) is 2.77. The molecule has 0 aliphatic carbocycles. The van der Waals surface area contributed by atoms with Gasteiger partial charge < -0.3 is 15.2 Å². The lowest BCUT2D eigenvalue weighted by Crippen LogP contribution is -2.23. The summed E-state index contributed by atoms with van der Waals surface area (Å²) in [6, 6.07) is 3.85. The number of hydrogen-bond acceptors (Lipinski definition) is 5. The molecular weight excluding hydrogens is 254 g/mol. The zero-order valence-electron chi connectivity index (χ0n) is 10.2. The number of ether oxygens (including phenoxy) is 2. The molecule has 1 aromatic heterocycles. The van der Waals surface area contributed by atoms with Crippen molar-refractivity contribution < 1.29 is 9.47 Å². The molecule has 2 atom stereocenters. The minimum absolute atomic E-state index is 0.0434. The normalized spacial score (nSPS) is 20.1. The summed E-state index contributed by atoms with van der Waals surface area (Å²) in [4.78, 5) is 8.29. The molecular formula is C12H16ClN3O2. The van der Waals surface area contributed by atoms with Gasteiger partial charge in [-0.05, 0) is 12.5 Å². The van der Waals surface area contributed by atoms with Crippen LogP contribution in [0.4, 0.5) is 0 Å². The van der Waals surface area contributed by atoms with Crippen LogP contribution < -0.4 is 10.5 Å². The van der Waals surface area contributed by atoms with Crippen LogP contribution in [-0.2, 0) is 4.74 Å². The highest BCUT2D eigenvalue weighted by Gasteiger charge is 2.22. The van der Waals surface area contributed by atoms with E-state index in [1.54, 1.807) is 18.3 Å². The number of amidine groups is 1. The van der Waals surface area contributed by atoms with E-state index < -0.39 is 0 Å². The first-order valence-corrected chi connectivity index (χ1v) is 6.29. The minimum atomic E-state index is 0.0434. The quantitative estimate of drug-likeness (QED) is 0.888. The maximum atomic E-state index is 5.78. The van der Waals surface area contributed by atoms with Crippen LogP contribution in [0.1, 0.15) is 19.8 Å². The van der Waals surface area contributed by atoms with Crippen LogP contribution in [0.5, 0.6) is 5.88 Å². The van der Waals surface area contributed by atoms with Crippen LogP contribution in [0.15, 0.2) is 23.3 Å². The molecule has 1 aliphatic rings. The number of nitrogens with two attached hydrogens (primary N) is 1. The van der Waals surface area contributed by atoms with Gasteiger partial charge in [0.05, 0.1) is 11.1 Å². The number of aliphatic imine (C=N–C) groups is 1. The Morgan fingerprint density at radius 2 is 2.44 bits per heavy atom. The van der Waals surface area contributed by atoms with E-state index in [2.05, 4.69) is 16.9 Å². The molecule has 2 heterocycles. The molecule has 0 aromatic carbocycles. The van der Waals surface area contributed by atoms with Crippen LogP contribution in [0, 0.1) is 0 Å². The standard InChI is InChI=1S/C12H16ClN3O2/c1-2-10(5-9-7-17-12(14)16-9)18-11-4-3-8(13)6-15-11/h3-4,6,9-10H,2,5,7H2,1H3,(H2,14,16)/t9?,10-/m0/s1. The van der Waals surface area contributed by atoms with E-state index in [-0.39, 0.29) is 18.2 Å². The van der Waals surface area contributed by atoms with E-state index in [1.807, 2.05) is 0 Å². The third-order valence-corrected chi connectivity index (χ3v) is 2.93. The number of nitrogens with zero attached hydrogens (tertiary/aromatic N) is 2. The maximum Gasteiger partial charge on any atom is 0.282 e. The first-order chi connectivity index (χ1) is 8.67. The third-order valence-electron chi connectivity index (χ3n) is 2.71. The summed E-state index contributed by atoms with van der Waals surface area (Å²) in [6.45, 7) is 2.59. The second-order valence-electron chi connectivity index (χ2n) is 4.13. The molecule has 98 valence electrons. The minimum Gasteiger partial charge on any atom is -0.474 e. The molecule has 6 heteroatoms. The summed E-state index contributed by atoms with van der Waals surface area (Å²) in [7, 11) is 0. The van der Waals surface area contributed by atoms with E-state index in [4.69, 9.17) is 26.8 Å². The molecule has 1 unspecified atom stereocenters. The van der Waals surface area contributed by atoms with Crippen molar-refractivity contribution in [2.45, 2.75) is 31.9 Å². The van der Waals surface area contributed by atoms with E-state index in [0.717, 1.165) is 12.8 Å². The fourth-order valence-corrected chi connectivity index (χ4v) is 1.87. The van der Waals surface area contributed by atoms with Gasteiger partial charge >= 0.3 is 0 Å². The van der Waals surface area contributed by atoms with Crippen molar-refractivity contribution in [2.75, 3.05) is 6.61 Å². The Morgan fingerprint density at radius 1 is 1.61 bits per heavy atom. The molecule has 18 heavy (non-hydrogen) atoms. The van der Waals surface area contributed by atoms with Gasteiger partial charge in [0.2, 0.25) is 5.88 Å². The van der Waals surface area contributed by atoms with E-state index in [9.17, 15) is 0 Å². The smallest absolute Gasteiger partial charge is 0.282 e. The number of pyridine rings is 1. The van der Waals surface area contributed by atoms with Gasteiger partial charge in [-0.3, -0.25) is 0 Å². The topological polar surface area (TPSA) is 69.7 Å². The van der Waals surface area contributed by atoms with Crippen molar-refractivity contribution in [3.05, 3.63) is 23.4 Å².